The fourth-order valence-corrected chi connectivity index (χ4v) is 3.09. The van der Waals surface area contributed by atoms with Crippen LogP contribution in [-0.2, 0) is 6.54 Å². The lowest BCUT2D eigenvalue weighted by Gasteiger charge is -2.13. The van der Waals surface area contributed by atoms with Gasteiger partial charge in [0.15, 0.2) is 0 Å². The molecular formula is C23H25N3O5. The standard InChI is InChI=1S/C23H25N3O5/c1-4-31-17-10-8-16(9-11-17)18-12-13-21(27)26(25-18)15-14-24-23(28)22-19(29-2)6-5-7-20(22)30-3/h5-13H,4,14-15H2,1-3H3,(H,24,28). The number of amides is 1. The van der Waals surface area contributed by atoms with Gasteiger partial charge < -0.3 is 19.5 Å². The summed E-state index contributed by atoms with van der Waals surface area (Å²) in [5.41, 5.74) is 1.56. The van der Waals surface area contributed by atoms with Crippen LogP contribution >= 0.6 is 0 Å². The molecular weight excluding hydrogens is 398 g/mol. The molecule has 162 valence electrons. The number of ether oxygens (including phenoxy) is 3. The molecule has 31 heavy (non-hydrogen) atoms. The Bertz CT molecular complexity index is 1070. The van der Waals surface area contributed by atoms with Crippen LogP contribution in [0, 0.1) is 0 Å². The number of carbonyl (C=O) groups is 1. The smallest absolute Gasteiger partial charge is 0.266 e. The third-order valence-electron chi connectivity index (χ3n) is 4.59. The van der Waals surface area contributed by atoms with Gasteiger partial charge in [-0.2, -0.15) is 5.10 Å². The molecule has 0 bridgehead atoms. The number of nitrogens with one attached hydrogen (secondary N) is 1. The molecule has 0 aliphatic carbocycles. The Morgan fingerprint density at radius 1 is 1.00 bits per heavy atom. The monoisotopic (exact) mass is 423 g/mol. The lowest BCUT2D eigenvalue weighted by molar-refractivity contribution is 0.0945. The Morgan fingerprint density at radius 3 is 2.29 bits per heavy atom. The number of hydrogen-bond donors (Lipinski definition) is 1. The first kappa shape index (κ1) is 21.9. The maximum absolute atomic E-state index is 12.7. The summed E-state index contributed by atoms with van der Waals surface area (Å²) in [5, 5.41) is 7.21. The van der Waals surface area contributed by atoms with E-state index in [0.717, 1.165) is 11.3 Å². The van der Waals surface area contributed by atoms with E-state index < -0.39 is 0 Å². The van der Waals surface area contributed by atoms with E-state index >= 15 is 0 Å². The summed E-state index contributed by atoms with van der Waals surface area (Å²) >= 11 is 0. The minimum absolute atomic E-state index is 0.208. The highest BCUT2D eigenvalue weighted by Crippen LogP contribution is 2.27. The fourth-order valence-electron chi connectivity index (χ4n) is 3.09. The average Bonchev–Trinajstić information content (AvgIpc) is 2.80. The van der Waals surface area contributed by atoms with Crippen LogP contribution in [0.4, 0.5) is 0 Å². The number of hydrogen-bond acceptors (Lipinski definition) is 6. The van der Waals surface area contributed by atoms with Gasteiger partial charge in [-0.25, -0.2) is 4.68 Å². The van der Waals surface area contributed by atoms with Crippen LogP contribution < -0.4 is 25.1 Å². The highest BCUT2D eigenvalue weighted by Gasteiger charge is 2.17. The number of carbonyl (C=O) groups excluding carboxylic acids is 1. The van der Waals surface area contributed by atoms with Gasteiger partial charge in [-0.1, -0.05) is 6.07 Å². The van der Waals surface area contributed by atoms with Crippen LogP contribution in [-0.4, -0.2) is 43.1 Å². The lowest BCUT2D eigenvalue weighted by atomic mass is 10.1. The Balaban J connectivity index is 1.71. The largest absolute Gasteiger partial charge is 0.496 e. The van der Waals surface area contributed by atoms with Gasteiger partial charge in [0.1, 0.15) is 22.8 Å². The van der Waals surface area contributed by atoms with Crippen molar-refractivity contribution in [3.8, 4) is 28.5 Å². The summed E-state index contributed by atoms with van der Waals surface area (Å²) in [6.07, 6.45) is 0. The van der Waals surface area contributed by atoms with Crippen LogP contribution in [0.15, 0.2) is 59.4 Å². The van der Waals surface area contributed by atoms with E-state index in [1.807, 2.05) is 31.2 Å². The Morgan fingerprint density at radius 2 is 1.68 bits per heavy atom. The number of rotatable bonds is 9. The number of methoxy groups -OCH3 is 2. The summed E-state index contributed by atoms with van der Waals surface area (Å²) in [5.74, 6) is 1.23. The summed E-state index contributed by atoms with van der Waals surface area (Å²) in [6.45, 7) is 2.94. The maximum atomic E-state index is 12.7. The molecule has 0 aliphatic rings. The van der Waals surface area contributed by atoms with Gasteiger partial charge in [-0.3, -0.25) is 9.59 Å². The van der Waals surface area contributed by atoms with E-state index in [-0.39, 0.29) is 24.6 Å². The van der Waals surface area contributed by atoms with Crippen LogP contribution in [0.1, 0.15) is 17.3 Å². The molecule has 8 nitrogen and oxygen atoms in total. The molecule has 0 saturated heterocycles. The van der Waals surface area contributed by atoms with Crippen molar-refractivity contribution in [3.63, 3.8) is 0 Å². The van der Waals surface area contributed by atoms with E-state index in [1.54, 1.807) is 24.3 Å². The molecule has 0 unspecified atom stereocenters. The molecule has 1 amide bonds. The van der Waals surface area contributed by atoms with Crippen LogP contribution in [0.2, 0.25) is 0 Å². The minimum atomic E-state index is -0.356. The third-order valence-corrected chi connectivity index (χ3v) is 4.59. The Labute approximate surface area is 180 Å². The van der Waals surface area contributed by atoms with Crippen molar-refractivity contribution in [1.82, 2.24) is 15.1 Å². The molecule has 8 heteroatoms. The highest BCUT2D eigenvalue weighted by molar-refractivity contribution is 5.99. The second-order valence-corrected chi connectivity index (χ2v) is 6.53. The molecule has 1 heterocycles. The molecule has 3 aromatic rings. The van der Waals surface area contributed by atoms with Gasteiger partial charge in [0.05, 0.1) is 33.1 Å². The molecule has 3 rings (SSSR count). The van der Waals surface area contributed by atoms with Crippen LogP contribution in [0.5, 0.6) is 17.2 Å². The van der Waals surface area contributed by atoms with Crippen LogP contribution in [0.3, 0.4) is 0 Å². The predicted octanol–water partition coefficient (Wildman–Crippen LogP) is 2.76. The minimum Gasteiger partial charge on any atom is -0.496 e. The SMILES string of the molecule is CCOc1ccc(-c2ccc(=O)n(CCNC(=O)c3c(OC)cccc3OC)n2)cc1. The second kappa shape index (κ2) is 10.3. The molecule has 0 radical (unpaired) electrons. The topological polar surface area (TPSA) is 91.7 Å². The molecule has 2 aromatic carbocycles. The van der Waals surface area contributed by atoms with Gasteiger partial charge in [0.2, 0.25) is 0 Å². The van der Waals surface area contributed by atoms with Crippen molar-refractivity contribution >= 4 is 5.91 Å². The number of aromatic nitrogens is 2. The van der Waals surface area contributed by atoms with Gasteiger partial charge in [0, 0.05) is 18.2 Å². The van der Waals surface area contributed by atoms with Gasteiger partial charge in [-0.15, -0.1) is 0 Å². The molecule has 1 aromatic heterocycles. The van der Waals surface area contributed by atoms with E-state index in [0.29, 0.717) is 29.4 Å². The van der Waals surface area contributed by atoms with Gasteiger partial charge in [0.25, 0.3) is 11.5 Å². The first-order valence-corrected chi connectivity index (χ1v) is 9.88. The lowest BCUT2D eigenvalue weighted by Crippen LogP contribution is -2.32. The molecule has 0 atom stereocenters. The Kier molecular flexibility index (Phi) is 7.26. The quantitative estimate of drug-likeness (QED) is 0.569. The summed E-state index contributed by atoms with van der Waals surface area (Å²) < 4.78 is 17.3. The maximum Gasteiger partial charge on any atom is 0.266 e. The molecule has 0 aliphatic heterocycles. The predicted molar refractivity (Wildman–Crippen MR) is 117 cm³/mol. The van der Waals surface area contributed by atoms with E-state index in [2.05, 4.69) is 10.4 Å². The zero-order valence-electron chi connectivity index (χ0n) is 17.8. The number of benzene rings is 2. The van der Waals surface area contributed by atoms with Crippen molar-refractivity contribution in [2.75, 3.05) is 27.4 Å². The molecule has 0 spiro atoms. The summed E-state index contributed by atoms with van der Waals surface area (Å²) in [6, 6.07) is 15.7. The fraction of sp³-hybridized carbons (Fsp3) is 0.261. The summed E-state index contributed by atoms with van der Waals surface area (Å²) in [7, 11) is 2.98. The normalized spacial score (nSPS) is 10.4. The van der Waals surface area contributed by atoms with Crippen molar-refractivity contribution in [2.24, 2.45) is 0 Å². The Hall–Kier alpha value is -3.81. The zero-order valence-corrected chi connectivity index (χ0v) is 17.8. The van der Waals surface area contributed by atoms with Crippen molar-refractivity contribution in [3.05, 3.63) is 70.5 Å². The van der Waals surface area contributed by atoms with Gasteiger partial charge in [-0.05, 0) is 49.4 Å². The second-order valence-electron chi connectivity index (χ2n) is 6.53. The van der Waals surface area contributed by atoms with Crippen molar-refractivity contribution in [2.45, 2.75) is 13.5 Å². The van der Waals surface area contributed by atoms with E-state index in [1.165, 1.54) is 25.0 Å². The number of nitrogens with zero attached hydrogens (tertiary/aromatic N) is 2. The highest BCUT2D eigenvalue weighted by atomic mass is 16.5. The van der Waals surface area contributed by atoms with E-state index in [9.17, 15) is 9.59 Å². The van der Waals surface area contributed by atoms with Gasteiger partial charge >= 0.3 is 0 Å². The molecule has 0 fully saturated rings. The first-order chi connectivity index (χ1) is 15.1. The third kappa shape index (κ3) is 5.22. The average molecular weight is 423 g/mol. The zero-order chi connectivity index (χ0) is 22.2. The van der Waals surface area contributed by atoms with Crippen molar-refractivity contribution in [1.29, 1.82) is 0 Å². The first-order valence-electron chi connectivity index (χ1n) is 9.88. The van der Waals surface area contributed by atoms with Crippen molar-refractivity contribution < 1.29 is 19.0 Å². The summed E-state index contributed by atoms with van der Waals surface area (Å²) in [4.78, 5) is 24.9. The molecule has 1 N–H and O–H groups in total. The molecule has 0 saturated carbocycles. The van der Waals surface area contributed by atoms with E-state index in [4.69, 9.17) is 14.2 Å². The van der Waals surface area contributed by atoms with Crippen LogP contribution in [0.25, 0.3) is 11.3 Å².